The van der Waals surface area contributed by atoms with E-state index < -0.39 is 6.61 Å². The Labute approximate surface area is 192 Å². The number of morpholine rings is 1. The van der Waals surface area contributed by atoms with E-state index in [4.69, 9.17) is 20.4 Å². The highest BCUT2D eigenvalue weighted by Crippen LogP contribution is 2.41. The maximum Gasteiger partial charge on any atom is 0.387 e. The van der Waals surface area contributed by atoms with Crippen molar-refractivity contribution in [2.75, 3.05) is 43.5 Å². The Morgan fingerprint density at radius 2 is 1.94 bits per heavy atom. The van der Waals surface area contributed by atoms with Gasteiger partial charge in [0.25, 0.3) is 0 Å². The molecule has 0 radical (unpaired) electrons. The zero-order valence-corrected chi connectivity index (χ0v) is 18.8. The van der Waals surface area contributed by atoms with Gasteiger partial charge in [-0.3, -0.25) is 4.90 Å². The third kappa shape index (κ3) is 4.72. The molecule has 2 aromatic heterocycles. The summed E-state index contributed by atoms with van der Waals surface area (Å²) in [6.07, 6.45) is 5.85. The number of nitrogen functional groups attached to an aromatic ring is 1. The highest BCUT2D eigenvalue weighted by molar-refractivity contribution is 5.65. The van der Waals surface area contributed by atoms with Gasteiger partial charge >= 0.3 is 6.61 Å². The summed E-state index contributed by atoms with van der Waals surface area (Å²) >= 11 is 0. The maximum absolute atomic E-state index is 12.8. The summed E-state index contributed by atoms with van der Waals surface area (Å²) in [4.78, 5) is 18.5. The van der Waals surface area contributed by atoms with Crippen molar-refractivity contribution in [3.8, 4) is 17.0 Å². The van der Waals surface area contributed by atoms with Crippen molar-refractivity contribution < 1.29 is 18.3 Å². The number of nitrogens with zero attached hydrogens (tertiary/aromatic N) is 5. The van der Waals surface area contributed by atoms with E-state index in [1.54, 1.807) is 6.20 Å². The minimum absolute atomic E-state index is 0.0745. The second-order valence-corrected chi connectivity index (χ2v) is 9.14. The van der Waals surface area contributed by atoms with Crippen LogP contribution >= 0.6 is 0 Å². The van der Waals surface area contributed by atoms with Crippen LogP contribution in [0.5, 0.6) is 5.75 Å². The van der Waals surface area contributed by atoms with Crippen LogP contribution < -0.4 is 15.4 Å². The predicted octanol–water partition coefficient (Wildman–Crippen LogP) is 3.29. The number of halogens is 2. The van der Waals surface area contributed by atoms with Gasteiger partial charge in [-0.1, -0.05) is 0 Å². The Morgan fingerprint density at radius 3 is 2.67 bits per heavy atom. The molecule has 0 unspecified atom stereocenters. The third-order valence-electron chi connectivity index (χ3n) is 6.94. The minimum atomic E-state index is -2.97. The van der Waals surface area contributed by atoms with E-state index in [9.17, 15) is 8.78 Å². The molecule has 178 valence electrons. The molecule has 0 bridgehead atoms. The fraction of sp³-hybridized carbons (Fsp3) is 0.609. The molecule has 5 rings (SSSR count). The van der Waals surface area contributed by atoms with Crippen molar-refractivity contribution >= 4 is 11.8 Å². The Morgan fingerprint density at radius 1 is 1.15 bits per heavy atom. The number of alkyl halides is 2. The standard InChI is InChI=1S/C23H30F2N6O2/c1-14-13-32-7-6-31(14)17-8-15(9-17)18-11-19(29-23(28-18)30-4-2-3-5-30)16-10-20(33-22(24)25)21(26)27-12-16/h10-12,14-15,17,22H,2-9,13H2,1H3,(H2,26,27)/t14-,15-,17+/m0/s1. The van der Waals surface area contributed by atoms with Crippen LogP contribution in [0.15, 0.2) is 18.3 Å². The average molecular weight is 461 g/mol. The second-order valence-electron chi connectivity index (χ2n) is 9.14. The summed E-state index contributed by atoms with van der Waals surface area (Å²) in [6.45, 7) is 3.62. The van der Waals surface area contributed by atoms with Crippen LogP contribution in [0, 0.1) is 0 Å². The van der Waals surface area contributed by atoms with E-state index in [0.717, 1.165) is 64.2 Å². The number of pyridine rings is 1. The van der Waals surface area contributed by atoms with Crippen LogP contribution in [-0.2, 0) is 4.74 Å². The van der Waals surface area contributed by atoms with Crippen molar-refractivity contribution in [2.24, 2.45) is 0 Å². The Balaban J connectivity index is 1.42. The molecule has 10 heteroatoms. The molecule has 33 heavy (non-hydrogen) atoms. The van der Waals surface area contributed by atoms with Gasteiger partial charge in [-0.25, -0.2) is 15.0 Å². The van der Waals surface area contributed by atoms with Crippen molar-refractivity contribution in [2.45, 2.75) is 57.2 Å². The van der Waals surface area contributed by atoms with Gasteiger partial charge in [0.05, 0.1) is 18.9 Å². The van der Waals surface area contributed by atoms with Crippen molar-refractivity contribution in [3.63, 3.8) is 0 Å². The molecule has 3 fully saturated rings. The Kier molecular flexibility index (Phi) is 6.29. The number of ether oxygens (including phenoxy) is 2. The molecular weight excluding hydrogens is 430 g/mol. The summed E-state index contributed by atoms with van der Waals surface area (Å²) in [5, 5.41) is 0. The number of rotatable bonds is 6. The van der Waals surface area contributed by atoms with E-state index in [1.165, 1.54) is 6.07 Å². The van der Waals surface area contributed by atoms with Gasteiger partial charge in [0, 0.05) is 55.1 Å². The van der Waals surface area contributed by atoms with E-state index in [2.05, 4.69) is 26.4 Å². The lowest BCUT2D eigenvalue weighted by Gasteiger charge is -2.47. The summed E-state index contributed by atoms with van der Waals surface area (Å²) in [5.41, 5.74) is 7.95. The van der Waals surface area contributed by atoms with E-state index in [0.29, 0.717) is 35.2 Å². The van der Waals surface area contributed by atoms with Gasteiger partial charge in [-0.15, -0.1) is 0 Å². The first kappa shape index (κ1) is 22.2. The van der Waals surface area contributed by atoms with Crippen LogP contribution in [0.4, 0.5) is 20.5 Å². The SMILES string of the molecule is C[C@H]1COCCN1[C@H]1C[C@@H](c2cc(-c3cnc(N)c(OC(F)F)c3)nc(N3CCCC3)n2)C1. The molecule has 0 aromatic carbocycles. The van der Waals surface area contributed by atoms with E-state index in [1.807, 2.05) is 6.07 Å². The minimum Gasteiger partial charge on any atom is -0.431 e. The molecular formula is C23H30F2N6O2. The zero-order chi connectivity index (χ0) is 22.9. The second kappa shape index (κ2) is 9.34. The molecule has 2 N–H and O–H groups in total. The molecule has 2 saturated heterocycles. The van der Waals surface area contributed by atoms with Crippen molar-refractivity contribution in [1.29, 1.82) is 0 Å². The molecule has 3 aliphatic rings. The molecule has 2 aliphatic heterocycles. The van der Waals surface area contributed by atoms with E-state index >= 15 is 0 Å². The molecule has 1 saturated carbocycles. The normalized spacial score (nSPS) is 25.9. The molecule has 4 heterocycles. The quantitative estimate of drug-likeness (QED) is 0.703. The molecule has 0 spiro atoms. The molecule has 0 amide bonds. The topological polar surface area (TPSA) is 89.6 Å². The predicted molar refractivity (Wildman–Crippen MR) is 121 cm³/mol. The van der Waals surface area contributed by atoms with Gasteiger partial charge in [-0.2, -0.15) is 8.78 Å². The molecule has 8 nitrogen and oxygen atoms in total. The Hall–Kier alpha value is -2.59. The first-order valence-corrected chi connectivity index (χ1v) is 11.7. The molecule has 2 aromatic rings. The monoisotopic (exact) mass is 460 g/mol. The first-order chi connectivity index (χ1) is 16.0. The number of nitrogens with two attached hydrogens (primary N) is 1. The first-order valence-electron chi connectivity index (χ1n) is 11.7. The van der Waals surface area contributed by atoms with Gasteiger partial charge in [0.1, 0.15) is 0 Å². The highest BCUT2D eigenvalue weighted by atomic mass is 19.3. The molecule has 1 atom stereocenters. The van der Waals surface area contributed by atoms with E-state index in [-0.39, 0.29) is 11.6 Å². The van der Waals surface area contributed by atoms with Gasteiger partial charge in [-0.05, 0) is 44.7 Å². The zero-order valence-electron chi connectivity index (χ0n) is 18.8. The smallest absolute Gasteiger partial charge is 0.387 e. The summed E-state index contributed by atoms with van der Waals surface area (Å²) in [6, 6.07) is 4.40. The molecule has 1 aliphatic carbocycles. The summed E-state index contributed by atoms with van der Waals surface area (Å²) in [7, 11) is 0. The number of anilines is 2. The lowest BCUT2D eigenvalue weighted by atomic mass is 9.76. The van der Waals surface area contributed by atoms with Crippen LogP contribution in [0.3, 0.4) is 0 Å². The lowest BCUT2D eigenvalue weighted by Crippen LogP contribution is -2.53. The van der Waals surface area contributed by atoms with Crippen molar-refractivity contribution in [3.05, 3.63) is 24.0 Å². The number of hydrogen-bond acceptors (Lipinski definition) is 8. The average Bonchev–Trinajstić information content (AvgIpc) is 3.30. The maximum atomic E-state index is 12.8. The van der Waals surface area contributed by atoms with Crippen molar-refractivity contribution in [1.82, 2.24) is 19.9 Å². The highest BCUT2D eigenvalue weighted by Gasteiger charge is 2.38. The third-order valence-corrected chi connectivity index (χ3v) is 6.94. The van der Waals surface area contributed by atoms with Gasteiger partial charge < -0.3 is 20.1 Å². The largest absolute Gasteiger partial charge is 0.431 e. The number of hydrogen-bond donors (Lipinski definition) is 1. The Bertz CT molecular complexity index is 981. The van der Waals surface area contributed by atoms with Crippen LogP contribution in [-0.4, -0.2) is 71.4 Å². The van der Waals surface area contributed by atoms with Crippen LogP contribution in [0.1, 0.15) is 44.2 Å². The fourth-order valence-electron chi connectivity index (χ4n) is 5.04. The lowest BCUT2D eigenvalue weighted by molar-refractivity contribution is -0.0494. The number of aromatic nitrogens is 3. The van der Waals surface area contributed by atoms with Gasteiger partial charge in [0.2, 0.25) is 5.95 Å². The van der Waals surface area contributed by atoms with Crippen LogP contribution in [0.25, 0.3) is 11.3 Å². The van der Waals surface area contributed by atoms with Gasteiger partial charge in [0.15, 0.2) is 11.6 Å². The summed E-state index contributed by atoms with van der Waals surface area (Å²) < 4.78 is 35.7. The van der Waals surface area contributed by atoms with Crippen LogP contribution in [0.2, 0.25) is 0 Å². The summed E-state index contributed by atoms with van der Waals surface area (Å²) in [5.74, 6) is 0.813. The fourth-order valence-corrected chi connectivity index (χ4v) is 5.04.